The monoisotopic (exact) mass is 716 g/mol. The Hall–Kier alpha value is -1.34. The average Bonchev–Trinajstić information content (AvgIpc) is 2.34. The molecule has 2 aliphatic heterocycles. The normalized spacial score (nSPS) is 17.6. The molecular formula is C9H6O12Tl2. The van der Waals surface area contributed by atoms with Gasteiger partial charge in [-0.2, -0.15) is 0 Å². The first-order chi connectivity index (χ1) is 10.8. The SMILES string of the molecule is O=C1CC(=O)[O][Tl]([O]C(=O)CC(=O)[O][Tl]2[O]C(=O)CC(=O)[O]2)[O]1. The van der Waals surface area contributed by atoms with Gasteiger partial charge >= 0.3 is 148 Å². The third kappa shape index (κ3) is 5.99. The second-order valence-corrected chi connectivity index (χ2v) is 14.0. The molecular weight excluding hydrogens is 709 g/mol. The standard InChI is InChI=1S/3C3H4O4.2Tl/c3*4-2(5)1-3(6)7;;/h3*1H2,(H,4,5)(H,6,7);;/q;;;2*+3/p-6. The first-order valence-corrected chi connectivity index (χ1v) is 17.0. The van der Waals surface area contributed by atoms with E-state index >= 15 is 0 Å². The van der Waals surface area contributed by atoms with Crippen molar-refractivity contribution in [2.45, 2.75) is 19.3 Å². The van der Waals surface area contributed by atoms with Crippen molar-refractivity contribution < 1.29 is 44.9 Å². The zero-order valence-electron chi connectivity index (χ0n) is 11.2. The fourth-order valence-corrected chi connectivity index (χ4v) is 9.46. The predicted octanol–water partition coefficient (Wildman–Crippen LogP) is -2.59. The number of rotatable bonds is 4. The molecule has 2 heterocycles. The van der Waals surface area contributed by atoms with Crippen LogP contribution in [0.4, 0.5) is 0 Å². The van der Waals surface area contributed by atoms with E-state index in [0.717, 1.165) is 0 Å². The Balaban J connectivity index is 1.77. The molecule has 2 saturated heterocycles. The summed E-state index contributed by atoms with van der Waals surface area (Å²) in [6.45, 7) is 0. The minimum atomic E-state index is -4.20. The second-order valence-electron chi connectivity index (χ2n) is 4.05. The molecule has 0 unspecified atom stereocenters. The van der Waals surface area contributed by atoms with Gasteiger partial charge in [0.2, 0.25) is 0 Å². The summed E-state index contributed by atoms with van der Waals surface area (Å²) in [5.74, 6) is -5.71. The summed E-state index contributed by atoms with van der Waals surface area (Å²) in [7, 11) is 0. The third-order valence-electron chi connectivity index (χ3n) is 2.23. The summed E-state index contributed by atoms with van der Waals surface area (Å²) in [5, 5.41) is 0. The van der Waals surface area contributed by atoms with E-state index in [2.05, 4.69) is 16.1 Å². The summed E-state index contributed by atoms with van der Waals surface area (Å²) in [5.41, 5.74) is 0. The molecule has 23 heavy (non-hydrogen) atoms. The van der Waals surface area contributed by atoms with E-state index in [9.17, 15) is 28.8 Å². The molecule has 0 atom stereocenters. The van der Waals surface area contributed by atoms with E-state index in [1.165, 1.54) is 0 Å². The second kappa shape index (κ2) is 7.97. The molecule has 0 bridgehead atoms. The molecule has 0 aromatic heterocycles. The van der Waals surface area contributed by atoms with Gasteiger partial charge in [0.25, 0.3) is 0 Å². The molecule has 2 rings (SSSR count). The summed E-state index contributed by atoms with van der Waals surface area (Å²) < 4.78 is 27.7. The van der Waals surface area contributed by atoms with E-state index in [0.29, 0.717) is 0 Å². The van der Waals surface area contributed by atoms with Crippen molar-refractivity contribution in [3.63, 3.8) is 0 Å². The Labute approximate surface area is 147 Å². The Kier molecular flexibility index (Phi) is 6.24. The van der Waals surface area contributed by atoms with E-state index in [1.54, 1.807) is 0 Å². The van der Waals surface area contributed by atoms with Gasteiger partial charge in [-0.3, -0.25) is 0 Å². The summed E-state index contributed by atoms with van der Waals surface area (Å²) in [4.78, 5) is 66.8. The van der Waals surface area contributed by atoms with Crippen molar-refractivity contribution in [1.29, 1.82) is 0 Å². The maximum atomic E-state index is 11.5. The number of carbonyl (C=O) groups is 6. The van der Waals surface area contributed by atoms with Crippen LogP contribution in [0.15, 0.2) is 0 Å². The minimum absolute atomic E-state index is 0.566. The van der Waals surface area contributed by atoms with Crippen molar-refractivity contribution in [2.24, 2.45) is 0 Å². The fraction of sp³-hybridized carbons (Fsp3) is 0.333. The third-order valence-corrected chi connectivity index (χ3v) is 12.9. The van der Waals surface area contributed by atoms with Gasteiger partial charge in [0, 0.05) is 0 Å². The van der Waals surface area contributed by atoms with Gasteiger partial charge in [0.1, 0.15) is 0 Å². The Morgan fingerprint density at radius 3 is 1.35 bits per heavy atom. The number of carbonyl (C=O) groups excluding carboxylic acids is 6. The molecule has 0 aliphatic carbocycles. The maximum absolute atomic E-state index is 11.5. The van der Waals surface area contributed by atoms with Gasteiger partial charge in [0.15, 0.2) is 0 Å². The van der Waals surface area contributed by atoms with Crippen LogP contribution < -0.4 is 0 Å². The van der Waals surface area contributed by atoms with Crippen LogP contribution in [-0.4, -0.2) is 83.9 Å². The van der Waals surface area contributed by atoms with Crippen molar-refractivity contribution in [1.82, 2.24) is 0 Å². The quantitative estimate of drug-likeness (QED) is 0.222. The van der Waals surface area contributed by atoms with Gasteiger partial charge < -0.3 is 0 Å². The number of hydrogen-bond acceptors (Lipinski definition) is 12. The molecule has 0 radical (unpaired) electrons. The van der Waals surface area contributed by atoms with Gasteiger partial charge in [0.05, 0.1) is 0 Å². The van der Waals surface area contributed by atoms with Crippen LogP contribution in [0, 0.1) is 0 Å². The Morgan fingerprint density at radius 1 is 0.739 bits per heavy atom. The van der Waals surface area contributed by atoms with Crippen LogP contribution in [0.1, 0.15) is 19.3 Å². The van der Waals surface area contributed by atoms with Crippen molar-refractivity contribution in [3.8, 4) is 0 Å². The van der Waals surface area contributed by atoms with Gasteiger partial charge in [-0.25, -0.2) is 0 Å². The van der Waals surface area contributed by atoms with E-state index in [1.807, 2.05) is 0 Å². The molecule has 0 N–H and O–H groups in total. The molecule has 120 valence electrons. The van der Waals surface area contributed by atoms with Crippen LogP contribution in [-0.2, 0) is 44.9 Å². The molecule has 2 fully saturated rings. The first-order valence-electron chi connectivity index (χ1n) is 5.99. The van der Waals surface area contributed by atoms with Crippen molar-refractivity contribution >= 4 is 83.9 Å². The van der Waals surface area contributed by atoms with Crippen LogP contribution >= 0.6 is 0 Å². The summed E-state index contributed by atoms with van der Waals surface area (Å²) in [6, 6.07) is 0. The molecule has 0 amide bonds. The number of hydrogen-bond donors (Lipinski definition) is 0. The predicted molar refractivity (Wildman–Crippen MR) is 61.9 cm³/mol. The van der Waals surface area contributed by atoms with Crippen molar-refractivity contribution in [3.05, 3.63) is 0 Å². The van der Waals surface area contributed by atoms with E-state index in [-0.39, 0.29) is 0 Å². The van der Waals surface area contributed by atoms with Crippen LogP contribution in [0.25, 0.3) is 0 Å². The average molecular weight is 715 g/mol. The first kappa shape index (κ1) is 18.0. The topological polar surface area (TPSA) is 158 Å². The summed E-state index contributed by atoms with van der Waals surface area (Å²) >= 11 is -8.40. The molecule has 0 spiro atoms. The molecule has 0 aromatic rings. The van der Waals surface area contributed by atoms with Gasteiger partial charge in [-0.15, -0.1) is 0 Å². The molecule has 0 saturated carbocycles. The van der Waals surface area contributed by atoms with E-state index < -0.39 is 103 Å². The van der Waals surface area contributed by atoms with Crippen molar-refractivity contribution in [2.75, 3.05) is 0 Å². The fourth-order valence-electron chi connectivity index (χ4n) is 1.39. The molecule has 0 aromatic carbocycles. The van der Waals surface area contributed by atoms with Crippen LogP contribution in [0.3, 0.4) is 0 Å². The van der Waals surface area contributed by atoms with Crippen LogP contribution in [0.5, 0.6) is 0 Å². The Morgan fingerprint density at radius 2 is 1.04 bits per heavy atom. The van der Waals surface area contributed by atoms with E-state index in [4.69, 9.17) is 0 Å². The summed E-state index contributed by atoms with van der Waals surface area (Å²) in [6.07, 6.45) is -2.04. The molecule has 14 heteroatoms. The van der Waals surface area contributed by atoms with Gasteiger partial charge in [-0.1, -0.05) is 0 Å². The zero-order chi connectivity index (χ0) is 17.0. The Bertz CT molecular complexity index is 503. The van der Waals surface area contributed by atoms with Gasteiger partial charge in [-0.05, 0) is 0 Å². The zero-order valence-corrected chi connectivity index (χ0v) is 20.2. The molecule has 12 nitrogen and oxygen atoms in total. The molecule has 2 aliphatic rings. The van der Waals surface area contributed by atoms with Crippen LogP contribution in [0.2, 0.25) is 0 Å².